The van der Waals surface area contributed by atoms with Crippen LogP contribution in [0.15, 0.2) is 20.3 Å². The lowest BCUT2D eigenvalue weighted by Gasteiger charge is -2.04. The molecule has 0 bridgehead atoms. The molecule has 0 amide bonds. The molecule has 0 radical (unpaired) electrons. The Bertz CT molecular complexity index is 502. The SMILES string of the molecule is CC(Cc1n[nH]c(=S)o1)c1ccc(Br)s1. The Morgan fingerprint density at radius 1 is 1.67 bits per heavy atom. The first-order valence-electron chi connectivity index (χ1n) is 4.45. The van der Waals surface area contributed by atoms with Crippen molar-refractivity contribution >= 4 is 39.5 Å². The van der Waals surface area contributed by atoms with Gasteiger partial charge in [-0.15, -0.1) is 16.4 Å². The number of halogens is 1. The van der Waals surface area contributed by atoms with Crippen LogP contribution in [0.3, 0.4) is 0 Å². The van der Waals surface area contributed by atoms with E-state index in [1.165, 1.54) is 4.88 Å². The molecule has 1 unspecified atom stereocenters. The van der Waals surface area contributed by atoms with Gasteiger partial charge in [-0.1, -0.05) is 6.92 Å². The molecule has 2 aromatic heterocycles. The van der Waals surface area contributed by atoms with Gasteiger partial charge in [-0.05, 0) is 46.2 Å². The molecule has 0 saturated carbocycles. The van der Waals surface area contributed by atoms with Crippen molar-refractivity contribution in [1.29, 1.82) is 0 Å². The van der Waals surface area contributed by atoms with E-state index in [4.69, 9.17) is 16.6 Å². The summed E-state index contributed by atoms with van der Waals surface area (Å²) in [6, 6.07) is 4.16. The topological polar surface area (TPSA) is 41.8 Å². The predicted molar refractivity (Wildman–Crippen MR) is 65.8 cm³/mol. The van der Waals surface area contributed by atoms with Crippen molar-refractivity contribution in [1.82, 2.24) is 10.2 Å². The van der Waals surface area contributed by atoms with Crippen molar-refractivity contribution in [2.24, 2.45) is 0 Å². The van der Waals surface area contributed by atoms with E-state index in [0.717, 1.165) is 10.2 Å². The third-order valence-corrected chi connectivity index (χ3v) is 4.07. The van der Waals surface area contributed by atoms with E-state index < -0.39 is 0 Å². The number of nitrogens with zero attached hydrogens (tertiary/aromatic N) is 1. The zero-order valence-corrected chi connectivity index (χ0v) is 11.2. The Morgan fingerprint density at radius 3 is 3.00 bits per heavy atom. The van der Waals surface area contributed by atoms with Crippen molar-refractivity contribution in [2.75, 3.05) is 0 Å². The van der Waals surface area contributed by atoms with E-state index in [9.17, 15) is 0 Å². The lowest BCUT2D eigenvalue weighted by Crippen LogP contribution is -1.96. The minimum Gasteiger partial charge on any atom is -0.414 e. The fourth-order valence-electron chi connectivity index (χ4n) is 1.30. The van der Waals surface area contributed by atoms with Crippen LogP contribution in [0.2, 0.25) is 0 Å². The molecule has 2 aromatic rings. The molecule has 2 rings (SSSR count). The minimum absolute atomic E-state index is 0.338. The summed E-state index contributed by atoms with van der Waals surface area (Å²) in [6.45, 7) is 2.14. The van der Waals surface area contributed by atoms with Crippen molar-refractivity contribution in [3.8, 4) is 0 Å². The summed E-state index contributed by atoms with van der Waals surface area (Å²) in [6.07, 6.45) is 0.764. The van der Waals surface area contributed by atoms with Crippen LogP contribution in [0.1, 0.15) is 23.6 Å². The molecule has 2 heterocycles. The maximum Gasteiger partial charge on any atom is 0.284 e. The van der Waals surface area contributed by atoms with Crippen molar-refractivity contribution in [3.63, 3.8) is 0 Å². The Balaban J connectivity index is 2.10. The number of thiophene rings is 1. The van der Waals surface area contributed by atoms with Crippen LogP contribution in [0.5, 0.6) is 0 Å². The number of aromatic amines is 1. The predicted octanol–water partition coefficient (Wildman–Crippen LogP) is 3.90. The molecule has 3 nitrogen and oxygen atoms in total. The van der Waals surface area contributed by atoms with E-state index in [2.05, 4.69) is 45.2 Å². The molecular formula is C9H9BrN2OS2. The van der Waals surface area contributed by atoms with Crippen LogP contribution in [0, 0.1) is 4.84 Å². The van der Waals surface area contributed by atoms with Gasteiger partial charge < -0.3 is 4.42 Å². The molecule has 0 aliphatic rings. The molecule has 1 atom stereocenters. The zero-order valence-electron chi connectivity index (χ0n) is 7.99. The highest BCUT2D eigenvalue weighted by molar-refractivity contribution is 9.11. The highest BCUT2D eigenvalue weighted by atomic mass is 79.9. The minimum atomic E-state index is 0.338. The average molecular weight is 305 g/mol. The molecule has 0 saturated heterocycles. The van der Waals surface area contributed by atoms with Gasteiger partial charge in [0.25, 0.3) is 4.84 Å². The maximum absolute atomic E-state index is 5.22. The summed E-state index contributed by atoms with van der Waals surface area (Å²) in [5.41, 5.74) is 0. The van der Waals surface area contributed by atoms with Gasteiger partial charge in [-0.25, -0.2) is 5.10 Å². The summed E-state index contributed by atoms with van der Waals surface area (Å²) in [5.74, 6) is 1.06. The number of rotatable bonds is 3. The molecule has 0 spiro atoms. The Morgan fingerprint density at radius 2 is 2.47 bits per heavy atom. The summed E-state index contributed by atoms with van der Waals surface area (Å²) < 4.78 is 6.37. The van der Waals surface area contributed by atoms with Gasteiger partial charge in [-0.2, -0.15) is 0 Å². The Labute approximate surface area is 105 Å². The van der Waals surface area contributed by atoms with Crippen LogP contribution in [-0.4, -0.2) is 10.2 Å². The lowest BCUT2D eigenvalue weighted by molar-refractivity contribution is 0.467. The van der Waals surface area contributed by atoms with Crippen molar-refractivity contribution in [2.45, 2.75) is 19.3 Å². The first-order valence-corrected chi connectivity index (χ1v) is 6.46. The summed E-state index contributed by atoms with van der Waals surface area (Å²) in [5, 5.41) is 6.61. The van der Waals surface area contributed by atoms with Gasteiger partial charge in [0, 0.05) is 11.3 Å². The highest BCUT2D eigenvalue weighted by Gasteiger charge is 2.12. The smallest absolute Gasteiger partial charge is 0.284 e. The lowest BCUT2D eigenvalue weighted by atomic mass is 10.1. The fourth-order valence-corrected chi connectivity index (χ4v) is 2.92. The van der Waals surface area contributed by atoms with Gasteiger partial charge in [0.15, 0.2) is 0 Å². The van der Waals surface area contributed by atoms with Crippen LogP contribution < -0.4 is 0 Å². The van der Waals surface area contributed by atoms with Gasteiger partial charge in [0.2, 0.25) is 5.89 Å². The molecule has 0 aliphatic heterocycles. The van der Waals surface area contributed by atoms with Crippen LogP contribution in [-0.2, 0) is 6.42 Å². The fraction of sp³-hybridized carbons (Fsp3) is 0.333. The third-order valence-electron chi connectivity index (χ3n) is 2.04. The first kappa shape index (κ1) is 11.0. The second-order valence-corrected chi connectivity index (χ2v) is 6.12. The van der Waals surface area contributed by atoms with E-state index in [0.29, 0.717) is 16.6 Å². The van der Waals surface area contributed by atoms with Gasteiger partial charge in [-0.3, -0.25) is 0 Å². The largest absolute Gasteiger partial charge is 0.414 e. The number of H-pyrrole nitrogens is 1. The van der Waals surface area contributed by atoms with Gasteiger partial charge in [0.05, 0.1) is 3.79 Å². The van der Waals surface area contributed by atoms with Crippen molar-refractivity contribution < 1.29 is 4.42 Å². The number of aromatic nitrogens is 2. The zero-order chi connectivity index (χ0) is 10.8. The molecule has 15 heavy (non-hydrogen) atoms. The number of hydrogen-bond acceptors (Lipinski definition) is 4. The molecular weight excluding hydrogens is 296 g/mol. The van der Waals surface area contributed by atoms with E-state index in [1.54, 1.807) is 11.3 Å². The Kier molecular flexibility index (Phi) is 3.38. The van der Waals surface area contributed by atoms with Crippen LogP contribution in [0.4, 0.5) is 0 Å². The molecule has 1 N–H and O–H groups in total. The monoisotopic (exact) mass is 304 g/mol. The van der Waals surface area contributed by atoms with Crippen molar-refractivity contribution in [3.05, 3.63) is 31.5 Å². The third kappa shape index (κ3) is 2.76. The van der Waals surface area contributed by atoms with E-state index >= 15 is 0 Å². The molecule has 0 aromatic carbocycles. The van der Waals surface area contributed by atoms with Gasteiger partial charge in [0.1, 0.15) is 0 Å². The van der Waals surface area contributed by atoms with E-state index in [1.807, 2.05) is 0 Å². The summed E-state index contributed by atoms with van der Waals surface area (Å²) >= 11 is 10.00. The average Bonchev–Trinajstić information content (AvgIpc) is 2.75. The molecule has 0 fully saturated rings. The highest BCUT2D eigenvalue weighted by Crippen LogP contribution is 2.29. The van der Waals surface area contributed by atoms with Crippen LogP contribution >= 0.6 is 39.5 Å². The van der Waals surface area contributed by atoms with Gasteiger partial charge >= 0.3 is 0 Å². The summed E-state index contributed by atoms with van der Waals surface area (Å²) in [7, 11) is 0. The molecule has 80 valence electrons. The van der Waals surface area contributed by atoms with E-state index in [-0.39, 0.29) is 0 Å². The Hall–Kier alpha value is -0.460. The number of hydrogen-bond donors (Lipinski definition) is 1. The number of nitrogens with one attached hydrogen (secondary N) is 1. The molecule has 6 heteroatoms. The standard InChI is InChI=1S/C9H9BrN2OS2/c1-5(6-2-3-7(10)15-6)4-8-11-12-9(14)13-8/h2-3,5H,4H2,1H3,(H,12,14). The quantitative estimate of drug-likeness (QED) is 0.874. The first-order chi connectivity index (χ1) is 7.15. The normalized spacial score (nSPS) is 12.9. The second kappa shape index (κ2) is 4.59. The second-order valence-electron chi connectivity index (χ2n) is 3.25. The summed E-state index contributed by atoms with van der Waals surface area (Å²) in [4.78, 5) is 1.65. The van der Waals surface area contributed by atoms with Crippen LogP contribution in [0.25, 0.3) is 0 Å². The maximum atomic E-state index is 5.22. The molecule has 0 aliphatic carbocycles.